The maximum atomic E-state index is 10.2. The second-order valence-corrected chi connectivity index (χ2v) is 13.8. The normalized spacial score (nSPS) is 32.4. The zero-order chi connectivity index (χ0) is 33.1. The summed E-state index contributed by atoms with van der Waals surface area (Å²) in [5.74, 6) is 0.0101. The molecule has 9 heteroatoms. The molecule has 2 saturated carbocycles. The van der Waals surface area contributed by atoms with Gasteiger partial charge in [0.25, 0.3) is 0 Å². The molecule has 0 radical (unpaired) electrons. The van der Waals surface area contributed by atoms with Crippen LogP contribution in [-0.2, 0) is 17.6 Å². The van der Waals surface area contributed by atoms with Gasteiger partial charge in [0.1, 0.15) is 0 Å². The molecule has 5 rings (SSSR count). The Morgan fingerprint density at radius 2 is 1.09 bits per heavy atom. The first-order valence-corrected chi connectivity index (χ1v) is 17.2. The molecule has 1 aliphatic heterocycles. The minimum atomic E-state index is -0.875. The van der Waals surface area contributed by atoms with Gasteiger partial charge in [0.05, 0.1) is 49.3 Å². The monoisotopic (exact) mass is 644 g/mol. The molecule has 46 heavy (non-hydrogen) atoms. The van der Waals surface area contributed by atoms with E-state index in [0.717, 1.165) is 25.7 Å². The van der Waals surface area contributed by atoms with Gasteiger partial charge in [-0.15, -0.1) is 0 Å². The van der Waals surface area contributed by atoms with Crippen molar-refractivity contribution in [1.82, 2.24) is 0 Å². The molecule has 2 aliphatic carbocycles. The summed E-state index contributed by atoms with van der Waals surface area (Å²) in [5.41, 5.74) is 2.44. The molecule has 0 spiro atoms. The molecular formula is C37H56O9. The first-order chi connectivity index (χ1) is 22.1. The molecule has 3 aliphatic rings. The van der Waals surface area contributed by atoms with Gasteiger partial charge in [0, 0.05) is 12.8 Å². The van der Waals surface area contributed by atoms with Gasteiger partial charge in [-0.1, -0.05) is 60.7 Å². The third kappa shape index (κ3) is 11.1. The maximum Gasteiger partial charge on any atom is 0.155 e. The second-order valence-electron chi connectivity index (χ2n) is 13.8. The van der Waals surface area contributed by atoms with Crippen LogP contribution in [0.25, 0.3) is 0 Å². The number of hydrogen-bond donors (Lipinski definition) is 8. The molecule has 2 aromatic rings. The molecule has 9 nitrogen and oxygen atoms in total. The summed E-state index contributed by atoms with van der Waals surface area (Å²) < 4.78 is 5.43. The van der Waals surface area contributed by atoms with Crippen LogP contribution >= 0.6 is 0 Å². The molecule has 12 atom stereocenters. The van der Waals surface area contributed by atoms with Gasteiger partial charge in [0.2, 0.25) is 0 Å². The van der Waals surface area contributed by atoms with E-state index in [0.29, 0.717) is 44.9 Å². The predicted molar refractivity (Wildman–Crippen MR) is 174 cm³/mol. The molecule has 2 aromatic carbocycles. The van der Waals surface area contributed by atoms with Crippen LogP contribution in [0.2, 0.25) is 0 Å². The van der Waals surface area contributed by atoms with Gasteiger partial charge in [-0.3, -0.25) is 0 Å². The van der Waals surface area contributed by atoms with E-state index in [1.54, 1.807) is 0 Å². The highest BCUT2D eigenvalue weighted by Crippen LogP contribution is 2.45. The van der Waals surface area contributed by atoms with Crippen LogP contribution in [0.4, 0.5) is 0 Å². The van der Waals surface area contributed by atoms with Crippen molar-refractivity contribution in [2.45, 2.75) is 126 Å². The van der Waals surface area contributed by atoms with Gasteiger partial charge < -0.3 is 45.6 Å². The van der Waals surface area contributed by atoms with Crippen molar-refractivity contribution in [3.8, 4) is 0 Å². The van der Waals surface area contributed by atoms with Gasteiger partial charge in [-0.2, -0.15) is 0 Å². The minimum absolute atomic E-state index is 0.00328. The first kappa shape index (κ1) is 36.9. The van der Waals surface area contributed by atoms with Crippen LogP contribution in [0.15, 0.2) is 60.7 Å². The molecule has 258 valence electrons. The van der Waals surface area contributed by atoms with Crippen molar-refractivity contribution in [3.63, 3.8) is 0 Å². The number of aliphatic hydroxyl groups is 8. The summed E-state index contributed by atoms with van der Waals surface area (Å²) in [7, 11) is 0. The van der Waals surface area contributed by atoms with Crippen molar-refractivity contribution in [2.75, 3.05) is 6.61 Å². The van der Waals surface area contributed by atoms with Gasteiger partial charge in [-0.25, -0.2) is 0 Å². The fourth-order valence-corrected chi connectivity index (χ4v) is 7.84. The Morgan fingerprint density at radius 3 is 1.63 bits per heavy atom. The Bertz CT molecular complexity index is 1100. The smallest absolute Gasteiger partial charge is 0.155 e. The van der Waals surface area contributed by atoms with E-state index in [-0.39, 0.29) is 55.0 Å². The molecule has 0 bridgehead atoms. The number of ether oxygens (including phenoxy) is 1. The lowest BCUT2D eigenvalue weighted by molar-refractivity contribution is -0.0951. The second kappa shape index (κ2) is 18.6. The number of hydrogen-bond acceptors (Lipinski definition) is 9. The van der Waals surface area contributed by atoms with Crippen molar-refractivity contribution in [2.24, 2.45) is 23.7 Å². The summed E-state index contributed by atoms with van der Waals surface area (Å²) >= 11 is 0. The topological polar surface area (TPSA) is 171 Å². The van der Waals surface area contributed by atoms with Crippen LogP contribution < -0.4 is 0 Å². The molecular weight excluding hydrogens is 588 g/mol. The summed E-state index contributed by atoms with van der Waals surface area (Å²) in [4.78, 5) is 0. The average Bonchev–Trinajstić information content (AvgIpc) is 3.65. The molecule has 0 amide bonds. The standard InChI is InChI=1S/C19H30O5.C18H26O4/c20-12-15(22)10-17-16(18(23)11-19(17)24)9-8-14(21)7-6-13-4-2-1-3-5-13;19-13(7-6-12-4-2-1-3-5-12)8-9-14-15-10-18(21)22-17(15)11-16(14)20/h1-5,14-24H,6-12H2;1-5,13-21H,6-11H2/t14-,15?,16+,17+,18+,19-;13-,14+,15+,16+,17-,18?/m00/s1. The highest BCUT2D eigenvalue weighted by atomic mass is 16.6. The largest absolute Gasteiger partial charge is 0.394 e. The van der Waals surface area contributed by atoms with E-state index in [2.05, 4.69) is 12.1 Å². The SMILES string of the molecule is OC1C[C@@H]2[C@@H](CC[C@@H](O)CCc3ccccc3)[C@H](O)C[C@@H]2O1.OCC(O)C[C@@H]1[C@@H](CC[C@@H](O)CCc2ccccc2)[C@H](O)C[C@@H]1O. The Balaban J connectivity index is 0.000000209. The first-order valence-electron chi connectivity index (χ1n) is 17.2. The molecule has 2 unspecified atom stereocenters. The zero-order valence-corrected chi connectivity index (χ0v) is 26.9. The van der Waals surface area contributed by atoms with Gasteiger partial charge >= 0.3 is 0 Å². The third-order valence-corrected chi connectivity index (χ3v) is 10.5. The number of aliphatic hydroxyl groups excluding tert-OH is 8. The van der Waals surface area contributed by atoms with Crippen molar-refractivity contribution in [1.29, 1.82) is 0 Å². The van der Waals surface area contributed by atoms with Crippen LogP contribution in [-0.4, -0.2) is 96.5 Å². The molecule has 1 heterocycles. The number of aryl methyl sites for hydroxylation is 2. The van der Waals surface area contributed by atoms with Crippen LogP contribution in [0, 0.1) is 23.7 Å². The van der Waals surface area contributed by atoms with Crippen molar-refractivity contribution in [3.05, 3.63) is 71.8 Å². The molecule has 1 saturated heterocycles. The van der Waals surface area contributed by atoms with E-state index in [1.165, 1.54) is 11.1 Å². The van der Waals surface area contributed by atoms with Gasteiger partial charge in [0.15, 0.2) is 6.29 Å². The van der Waals surface area contributed by atoms with Crippen molar-refractivity contribution >= 4 is 0 Å². The van der Waals surface area contributed by atoms with E-state index in [1.807, 2.05) is 48.5 Å². The summed E-state index contributed by atoms with van der Waals surface area (Å²) in [6.45, 7) is -0.342. The fourth-order valence-electron chi connectivity index (χ4n) is 7.84. The Labute approximate surface area is 273 Å². The minimum Gasteiger partial charge on any atom is -0.394 e. The van der Waals surface area contributed by atoms with E-state index >= 15 is 0 Å². The van der Waals surface area contributed by atoms with E-state index in [9.17, 15) is 35.7 Å². The molecule has 3 fully saturated rings. The lowest BCUT2D eigenvalue weighted by Gasteiger charge is -2.26. The van der Waals surface area contributed by atoms with Gasteiger partial charge in [-0.05, 0) is 99.0 Å². The molecule has 0 aromatic heterocycles. The number of benzene rings is 2. The highest BCUT2D eigenvalue weighted by Gasteiger charge is 2.48. The Kier molecular flexibility index (Phi) is 14.9. The van der Waals surface area contributed by atoms with Crippen LogP contribution in [0.1, 0.15) is 75.3 Å². The Morgan fingerprint density at radius 1 is 0.587 bits per heavy atom. The van der Waals surface area contributed by atoms with E-state index < -0.39 is 30.7 Å². The summed E-state index contributed by atoms with van der Waals surface area (Å²) in [5, 5.41) is 79.0. The van der Waals surface area contributed by atoms with Crippen LogP contribution in [0.3, 0.4) is 0 Å². The lowest BCUT2D eigenvalue weighted by Crippen LogP contribution is -2.29. The fraction of sp³-hybridized carbons (Fsp3) is 0.676. The highest BCUT2D eigenvalue weighted by molar-refractivity contribution is 5.15. The van der Waals surface area contributed by atoms with Crippen molar-refractivity contribution < 1.29 is 45.6 Å². The quantitative estimate of drug-likeness (QED) is 0.145. The number of fused-ring (bicyclic) bond motifs is 1. The maximum absolute atomic E-state index is 10.2. The molecule has 8 N–H and O–H groups in total. The lowest BCUT2D eigenvalue weighted by atomic mass is 9.84. The van der Waals surface area contributed by atoms with E-state index in [4.69, 9.17) is 9.84 Å². The summed E-state index contributed by atoms with van der Waals surface area (Å²) in [6.07, 6.45) is 3.63. The zero-order valence-electron chi connectivity index (χ0n) is 26.9. The summed E-state index contributed by atoms with van der Waals surface area (Å²) in [6, 6.07) is 20.2. The average molecular weight is 645 g/mol. The Hall–Kier alpha value is -1.92. The number of rotatable bonds is 15. The third-order valence-electron chi connectivity index (χ3n) is 10.5. The predicted octanol–water partition coefficient (Wildman–Crippen LogP) is 2.73. The van der Waals surface area contributed by atoms with Crippen LogP contribution in [0.5, 0.6) is 0 Å².